The highest BCUT2D eigenvalue weighted by atomic mass is 16.5. The smallest absolute Gasteiger partial charge is 0.302 e. The van der Waals surface area contributed by atoms with E-state index in [1.54, 1.807) is 12.5 Å². The van der Waals surface area contributed by atoms with Gasteiger partial charge < -0.3 is 14.8 Å². The maximum atomic E-state index is 11.6. The largest absolute Gasteiger partial charge is 0.491 e. The van der Waals surface area contributed by atoms with Crippen molar-refractivity contribution in [2.75, 3.05) is 6.54 Å². The van der Waals surface area contributed by atoms with Crippen LogP contribution >= 0.6 is 0 Å². The van der Waals surface area contributed by atoms with Gasteiger partial charge in [0.2, 0.25) is 5.91 Å². The highest BCUT2D eigenvalue weighted by Gasteiger charge is 2.67. The van der Waals surface area contributed by atoms with Gasteiger partial charge in [0.15, 0.2) is 0 Å². The topological polar surface area (TPSA) is 64.6 Å². The molecular formula is C32H49NO4. The van der Waals surface area contributed by atoms with Crippen LogP contribution in [0, 0.1) is 40.4 Å². The van der Waals surface area contributed by atoms with Gasteiger partial charge in [-0.15, -0.1) is 0 Å². The van der Waals surface area contributed by atoms with Crippen LogP contribution in [0.2, 0.25) is 0 Å². The summed E-state index contributed by atoms with van der Waals surface area (Å²) in [4.78, 5) is 22.9. The van der Waals surface area contributed by atoms with Crippen LogP contribution in [0.5, 0.6) is 0 Å². The molecule has 0 spiro atoms. The highest BCUT2D eigenvalue weighted by Crippen LogP contribution is 2.71. The van der Waals surface area contributed by atoms with Crippen molar-refractivity contribution < 1.29 is 19.1 Å². The molecule has 3 fully saturated rings. The summed E-state index contributed by atoms with van der Waals surface area (Å²) in [6.45, 7) is 15.9. The lowest BCUT2D eigenvalue weighted by Gasteiger charge is -2.58. The number of hydrogen-bond acceptors (Lipinski definition) is 4. The molecule has 1 heterocycles. The van der Waals surface area contributed by atoms with Gasteiger partial charge in [0, 0.05) is 39.2 Å². The Labute approximate surface area is 224 Å². The van der Waals surface area contributed by atoms with Gasteiger partial charge in [0.05, 0.1) is 5.76 Å². The fourth-order valence-corrected chi connectivity index (χ4v) is 9.93. The molecule has 1 aliphatic heterocycles. The van der Waals surface area contributed by atoms with E-state index in [0.717, 1.165) is 56.9 Å². The van der Waals surface area contributed by atoms with Crippen LogP contribution in [0.4, 0.5) is 0 Å². The number of carbonyl (C=O) groups is 2. The third-order valence-electron chi connectivity index (χ3n) is 11.5. The summed E-state index contributed by atoms with van der Waals surface area (Å²) in [7, 11) is 0. The molecule has 37 heavy (non-hydrogen) atoms. The van der Waals surface area contributed by atoms with Gasteiger partial charge in [0.1, 0.15) is 11.7 Å². The molecule has 9 atom stereocenters. The summed E-state index contributed by atoms with van der Waals surface area (Å²) in [6, 6.07) is 0. The highest BCUT2D eigenvalue weighted by molar-refractivity contribution is 5.72. The van der Waals surface area contributed by atoms with Crippen molar-refractivity contribution in [2.45, 2.75) is 118 Å². The Morgan fingerprint density at radius 3 is 2.62 bits per heavy atom. The maximum absolute atomic E-state index is 11.6. The van der Waals surface area contributed by atoms with Gasteiger partial charge in [0.25, 0.3) is 0 Å². The minimum atomic E-state index is -0.146. The number of amides is 1. The van der Waals surface area contributed by atoms with Crippen molar-refractivity contribution in [3.05, 3.63) is 23.0 Å². The van der Waals surface area contributed by atoms with Crippen LogP contribution in [0.1, 0.15) is 106 Å². The third-order valence-corrected chi connectivity index (χ3v) is 11.5. The SMILES string of the molecule is CC(=O)NC[C@H](C)CCC1=C(C)[C@H]2[C@@]3(C)CC[C@H]4[C@@H](CC=C5C[C@@H](OC(C)=O)CC[C@@]54C)[C@H]3C[C@]2(C)O1. The van der Waals surface area contributed by atoms with Crippen molar-refractivity contribution in [2.24, 2.45) is 40.4 Å². The minimum absolute atomic E-state index is 0.0481. The van der Waals surface area contributed by atoms with Gasteiger partial charge >= 0.3 is 5.97 Å². The van der Waals surface area contributed by atoms with Crippen molar-refractivity contribution in [3.8, 4) is 0 Å². The Bertz CT molecular complexity index is 1010. The fourth-order valence-electron chi connectivity index (χ4n) is 9.93. The van der Waals surface area contributed by atoms with E-state index in [9.17, 15) is 9.59 Å². The first-order valence-corrected chi connectivity index (χ1v) is 14.9. The molecule has 0 aromatic heterocycles. The van der Waals surface area contributed by atoms with E-state index in [2.05, 4.69) is 46.0 Å². The molecule has 206 valence electrons. The Kier molecular flexibility index (Phi) is 6.85. The Hall–Kier alpha value is -1.78. The molecule has 1 amide bonds. The van der Waals surface area contributed by atoms with E-state index in [-0.39, 0.29) is 29.0 Å². The Morgan fingerprint density at radius 2 is 1.92 bits per heavy atom. The number of rotatable bonds is 6. The number of fused-ring (bicyclic) bond motifs is 7. The van der Waals surface area contributed by atoms with Gasteiger partial charge in [-0.1, -0.05) is 32.4 Å². The van der Waals surface area contributed by atoms with Crippen molar-refractivity contribution in [1.82, 2.24) is 5.32 Å². The number of ether oxygens (including phenoxy) is 2. The van der Waals surface area contributed by atoms with Gasteiger partial charge in [-0.3, -0.25) is 9.59 Å². The van der Waals surface area contributed by atoms with E-state index >= 15 is 0 Å². The van der Waals surface area contributed by atoms with Gasteiger partial charge in [-0.2, -0.15) is 0 Å². The quantitative estimate of drug-likeness (QED) is 0.317. The summed E-state index contributed by atoms with van der Waals surface area (Å²) in [5, 5.41) is 2.96. The predicted molar refractivity (Wildman–Crippen MR) is 145 cm³/mol. The maximum Gasteiger partial charge on any atom is 0.302 e. The van der Waals surface area contributed by atoms with E-state index in [0.29, 0.717) is 23.2 Å². The van der Waals surface area contributed by atoms with E-state index in [1.807, 2.05) is 0 Å². The molecule has 0 saturated heterocycles. The standard InChI is InChI=1S/C32H49NO4/c1-19(18-33-21(3)34)8-11-28-20(2)29-31(6)15-13-26-25(27(31)17-32(29,7)37-28)10-9-23-16-24(36-22(4)35)12-14-30(23,26)5/h9,19,24-27,29H,8,10-18H2,1-7H3,(H,33,34)/t19-,24+,25-,26+,27-,29+,30+,31+,32+/m1/s1. The molecule has 0 aromatic carbocycles. The molecule has 5 aliphatic rings. The van der Waals surface area contributed by atoms with E-state index in [4.69, 9.17) is 9.47 Å². The summed E-state index contributed by atoms with van der Waals surface area (Å²) in [5.41, 5.74) is 3.51. The summed E-state index contributed by atoms with van der Waals surface area (Å²) in [5.74, 6) is 4.22. The monoisotopic (exact) mass is 511 g/mol. The zero-order chi connectivity index (χ0) is 26.8. The lowest BCUT2D eigenvalue weighted by molar-refractivity contribution is -0.148. The first-order chi connectivity index (χ1) is 17.4. The van der Waals surface area contributed by atoms with Crippen molar-refractivity contribution >= 4 is 11.9 Å². The average molecular weight is 512 g/mol. The third kappa shape index (κ3) is 4.46. The fraction of sp³-hybridized carbons (Fsp3) is 0.812. The normalized spacial score (nSPS) is 43.0. The van der Waals surface area contributed by atoms with Gasteiger partial charge in [-0.25, -0.2) is 0 Å². The molecule has 0 bridgehead atoms. The molecule has 5 heteroatoms. The van der Waals surface area contributed by atoms with E-state index in [1.165, 1.54) is 37.5 Å². The number of nitrogens with one attached hydrogen (secondary N) is 1. The molecule has 4 aliphatic carbocycles. The molecular weight excluding hydrogens is 462 g/mol. The molecule has 5 rings (SSSR count). The molecule has 0 unspecified atom stereocenters. The van der Waals surface area contributed by atoms with Crippen LogP contribution in [0.15, 0.2) is 23.0 Å². The molecule has 0 radical (unpaired) electrons. The van der Waals surface area contributed by atoms with Crippen LogP contribution in [0.25, 0.3) is 0 Å². The van der Waals surface area contributed by atoms with Crippen LogP contribution < -0.4 is 5.32 Å². The Balaban J connectivity index is 1.32. The second-order valence-electron chi connectivity index (χ2n) is 14.0. The van der Waals surface area contributed by atoms with Gasteiger partial charge in [-0.05, 0) is 98.9 Å². The zero-order valence-corrected chi connectivity index (χ0v) is 24.2. The summed E-state index contributed by atoms with van der Waals surface area (Å²) < 4.78 is 12.5. The second-order valence-corrected chi connectivity index (χ2v) is 14.0. The number of hydrogen-bond donors (Lipinski definition) is 1. The first-order valence-electron chi connectivity index (χ1n) is 14.9. The second kappa shape index (κ2) is 9.45. The van der Waals surface area contributed by atoms with E-state index < -0.39 is 0 Å². The number of allylic oxidation sites excluding steroid dienone is 2. The number of carbonyl (C=O) groups excluding carboxylic acids is 2. The van der Waals surface area contributed by atoms with Crippen LogP contribution in [-0.4, -0.2) is 30.1 Å². The first kappa shape index (κ1) is 26.8. The molecule has 3 saturated carbocycles. The van der Waals surface area contributed by atoms with Crippen molar-refractivity contribution in [1.29, 1.82) is 0 Å². The number of esters is 1. The van der Waals surface area contributed by atoms with Crippen LogP contribution in [-0.2, 0) is 19.1 Å². The average Bonchev–Trinajstić information content (AvgIpc) is 3.22. The summed E-state index contributed by atoms with van der Waals surface area (Å²) >= 11 is 0. The minimum Gasteiger partial charge on any atom is -0.491 e. The zero-order valence-electron chi connectivity index (χ0n) is 24.2. The predicted octanol–water partition coefficient (Wildman–Crippen LogP) is 6.72. The molecule has 5 nitrogen and oxygen atoms in total. The molecule has 0 aromatic rings. The van der Waals surface area contributed by atoms with Crippen molar-refractivity contribution in [3.63, 3.8) is 0 Å². The molecule has 1 N–H and O–H groups in total. The summed E-state index contributed by atoms with van der Waals surface area (Å²) in [6.07, 6.45) is 12.6. The van der Waals surface area contributed by atoms with Crippen LogP contribution in [0.3, 0.4) is 0 Å². The lowest BCUT2D eigenvalue weighted by atomic mass is 9.47. The lowest BCUT2D eigenvalue weighted by Crippen LogP contribution is -2.50. The Morgan fingerprint density at radius 1 is 1.16 bits per heavy atom.